The Morgan fingerprint density at radius 3 is 2.86 bits per heavy atom. The monoisotopic (exact) mass is 326 g/mol. The molecule has 1 fully saturated rings. The molecule has 2 atom stereocenters. The largest absolute Gasteiger partial charge is 0.394 e. The molecule has 2 N–H and O–H groups in total. The van der Waals surface area contributed by atoms with Crippen LogP contribution in [0.15, 0.2) is 24.3 Å². The van der Waals surface area contributed by atoms with Crippen LogP contribution in [-0.2, 0) is 4.74 Å². The molecule has 0 aromatic heterocycles. The first-order valence-electron chi connectivity index (χ1n) is 7.58. The number of nitrogens with zero attached hydrogens (tertiary/aromatic N) is 1. The molecule has 6 heteroatoms. The number of amides is 2. The summed E-state index contributed by atoms with van der Waals surface area (Å²) in [6.45, 7) is 1.25. The third-order valence-electron chi connectivity index (χ3n) is 4.03. The van der Waals surface area contributed by atoms with Gasteiger partial charge in [-0.15, -0.1) is 0 Å². The average molecular weight is 327 g/mol. The molecule has 0 aliphatic carbocycles. The van der Waals surface area contributed by atoms with E-state index >= 15 is 0 Å². The highest BCUT2D eigenvalue weighted by atomic mass is 35.5. The summed E-state index contributed by atoms with van der Waals surface area (Å²) in [5.41, 5.74) is 0.995. The fourth-order valence-electron chi connectivity index (χ4n) is 2.78. The van der Waals surface area contributed by atoms with Gasteiger partial charge < -0.3 is 20.1 Å². The SMILES string of the molecule is COCC[C@@H](NC(=O)N1CCC[C@@H]1CO)c1ccc(Cl)cc1. The summed E-state index contributed by atoms with van der Waals surface area (Å²) in [5, 5.41) is 13.1. The molecule has 1 heterocycles. The minimum absolute atomic E-state index is 0.0110. The van der Waals surface area contributed by atoms with Crippen LogP contribution in [0.3, 0.4) is 0 Å². The predicted molar refractivity (Wildman–Crippen MR) is 86.0 cm³/mol. The van der Waals surface area contributed by atoms with Crippen molar-refractivity contribution >= 4 is 17.6 Å². The maximum Gasteiger partial charge on any atom is 0.318 e. The second-order valence-corrected chi connectivity index (χ2v) is 5.94. The molecule has 1 aromatic rings. The first kappa shape index (κ1) is 17.1. The quantitative estimate of drug-likeness (QED) is 0.844. The number of aliphatic hydroxyl groups excluding tert-OH is 1. The summed E-state index contributed by atoms with van der Waals surface area (Å²) in [5.74, 6) is 0. The number of urea groups is 1. The Kier molecular flexibility index (Phi) is 6.49. The number of benzene rings is 1. The normalized spacial score (nSPS) is 19.2. The number of methoxy groups -OCH3 is 1. The van der Waals surface area contributed by atoms with Crippen LogP contribution in [0.5, 0.6) is 0 Å². The zero-order valence-corrected chi connectivity index (χ0v) is 13.6. The fourth-order valence-corrected chi connectivity index (χ4v) is 2.90. The Morgan fingerprint density at radius 1 is 1.50 bits per heavy atom. The van der Waals surface area contributed by atoms with Gasteiger partial charge in [-0.2, -0.15) is 0 Å². The van der Waals surface area contributed by atoms with E-state index in [1.54, 1.807) is 12.0 Å². The Balaban J connectivity index is 2.05. The summed E-state index contributed by atoms with van der Waals surface area (Å²) in [7, 11) is 1.64. The standard InChI is InChI=1S/C16H23ClN2O3/c1-22-10-8-15(12-4-6-13(17)7-5-12)18-16(21)19-9-2-3-14(19)11-20/h4-7,14-15,20H,2-3,8-11H2,1H3,(H,18,21)/t14-,15-/m1/s1. The number of halogens is 1. The molecule has 1 aliphatic heterocycles. The van der Waals surface area contributed by atoms with Crippen molar-refractivity contribution in [1.82, 2.24) is 10.2 Å². The van der Waals surface area contributed by atoms with Crippen molar-refractivity contribution < 1.29 is 14.6 Å². The Bertz CT molecular complexity index is 481. The first-order chi connectivity index (χ1) is 10.7. The molecular formula is C16H23ClN2O3. The van der Waals surface area contributed by atoms with Crippen molar-refractivity contribution in [2.75, 3.05) is 26.9 Å². The fraction of sp³-hybridized carbons (Fsp3) is 0.562. The van der Waals surface area contributed by atoms with Gasteiger partial charge in [0.25, 0.3) is 0 Å². The molecule has 0 bridgehead atoms. The van der Waals surface area contributed by atoms with Gasteiger partial charge in [0, 0.05) is 25.3 Å². The van der Waals surface area contributed by atoms with Crippen LogP contribution in [0.4, 0.5) is 4.79 Å². The molecule has 2 amide bonds. The molecule has 0 radical (unpaired) electrons. The van der Waals surface area contributed by atoms with Crippen molar-refractivity contribution in [2.24, 2.45) is 0 Å². The average Bonchev–Trinajstić information content (AvgIpc) is 3.01. The van der Waals surface area contributed by atoms with Gasteiger partial charge in [0.15, 0.2) is 0 Å². The zero-order valence-electron chi connectivity index (χ0n) is 12.8. The zero-order chi connectivity index (χ0) is 15.9. The van der Waals surface area contributed by atoms with E-state index in [1.807, 2.05) is 24.3 Å². The van der Waals surface area contributed by atoms with Gasteiger partial charge in [-0.25, -0.2) is 4.79 Å². The number of ether oxygens (including phenoxy) is 1. The van der Waals surface area contributed by atoms with Crippen molar-refractivity contribution in [3.63, 3.8) is 0 Å². The summed E-state index contributed by atoms with van der Waals surface area (Å²) in [6, 6.07) is 7.11. The molecular weight excluding hydrogens is 304 g/mol. The van der Waals surface area contributed by atoms with Gasteiger partial charge in [-0.3, -0.25) is 0 Å². The van der Waals surface area contributed by atoms with Gasteiger partial charge in [-0.1, -0.05) is 23.7 Å². The van der Waals surface area contributed by atoms with E-state index in [4.69, 9.17) is 16.3 Å². The minimum Gasteiger partial charge on any atom is -0.394 e. The lowest BCUT2D eigenvalue weighted by Gasteiger charge is -2.27. The van der Waals surface area contributed by atoms with Crippen LogP contribution in [0.2, 0.25) is 5.02 Å². The van der Waals surface area contributed by atoms with Crippen LogP contribution >= 0.6 is 11.6 Å². The van der Waals surface area contributed by atoms with E-state index in [1.165, 1.54) is 0 Å². The van der Waals surface area contributed by atoms with Gasteiger partial charge in [-0.05, 0) is 37.0 Å². The molecule has 1 aromatic carbocycles. The number of carbonyl (C=O) groups excluding carboxylic acids is 1. The third kappa shape index (κ3) is 4.35. The van der Waals surface area contributed by atoms with Crippen molar-refractivity contribution in [1.29, 1.82) is 0 Å². The van der Waals surface area contributed by atoms with E-state index < -0.39 is 0 Å². The summed E-state index contributed by atoms with van der Waals surface area (Å²) < 4.78 is 5.14. The topological polar surface area (TPSA) is 61.8 Å². The Labute approximate surface area is 136 Å². The number of rotatable bonds is 6. The smallest absolute Gasteiger partial charge is 0.318 e. The molecule has 1 aliphatic rings. The van der Waals surface area contributed by atoms with E-state index in [0.717, 1.165) is 18.4 Å². The highest BCUT2D eigenvalue weighted by Crippen LogP contribution is 2.22. The number of aliphatic hydroxyl groups is 1. The summed E-state index contributed by atoms with van der Waals surface area (Å²) >= 11 is 5.92. The molecule has 0 saturated carbocycles. The van der Waals surface area contributed by atoms with E-state index in [-0.39, 0.29) is 24.7 Å². The summed E-state index contributed by atoms with van der Waals surface area (Å²) in [6.07, 6.45) is 2.47. The lowest BCUT2D eigenvalue weighted by molar-refractivity contribution is 0.149. The second kappa shape index (κ2) is 8.36. The maximum atomic E-state index is 12.5. The predicted octanol–water partition coefficient (Wildman–Crippen LogP) is 2.58. The second-order valence-electron chi connectivity index (χ2n) is 5.51. The summed E-state index contributed by atoms with van der Waals surface area (Å²) in [4.78, 5) is 14.2. The van der Waals surface area contributed by atoms with Crippen LogP contribution in [0.25, 0.3) is 0 Å². The van der Waals surface area contributed by atoms with Crippen LogP contribution in [0, 0.1) is 0 Å². The lowest BCUT2D eigenvalue weighted by atomic mass is 10.0. The number of carbonyl (C=O) groups is 1. The minimum atomic E-state index is -0.135. The third-order valence-corrected chi connectivity index (χ3v) is 4.28. The van der Waals surface area contributed by atoms with Crippen molar-refractivity contribution in [3.05, 3.63) is 34.9 Å². The van der Waals surface area contributed by atoms with Crippen LogP contribution < -0.4 is 5.32 Å². The van der Waals surface area contributed by atoms with E-state index in [0.29, 0.717) is 24.6 Å². The molecule has 0 unspecified atom stereocenters. The van der Waals surface area contributed by atoms with Gasteiger partial charge in [0.2, 0.25) is 0 Å². The Morgan fingerprint density at radius 2 is 2.23 bits per heavy atom. The molecule has 122 valence electrons. The van der Waals surface area contributed by atoms with Gasteiger partial charge in [0.05, 0.1) is 18.7 Å². The molecule has 0 spiro atoms. The Hall–Kier alpha value is -1.30. The highest BCUT2D eigenvalue weighted by Gasteiger charge is 2.29. The number of hydrogen-bond donors (Lipinski definition) is 2. The van der Waals surface area contributed by atoms with Crippen molar-refractivity contribution in [2.45, 2.75) is 31.3 Å². The van der Waals surface area contributed by atoms with Crippen LogP contribution in [-0.4, -0.2) is 48.9 Å². The van der Waals surface area contributed by atoms with Crippen LogP contribution in [0.1, 0.15) is 30.9 Å². The van der Waals surface area contributed by atoms with Crippen molar-refractivity contribution in [3.8, 4) is 0 Å². The molecule has 5 nitrogen and oxygen atoms in total. The maximum absolute atomic E-state index is 12.5. The molecule has 2 rings (SSSR count). The molecule has 1 saturated heterocycles. The first-order valence-corrected chi connectivity index (χ1v) is 7.96. The molecule has 22 heavy (non-hydrogen) atoms. The lowest BCUT2D eigenvalue weighted by Crippen LogP contribution is -2.45. The van der Waals surface area contributed by atoms with Gasteiger partial charge >= 0.3 is 6.03 Å². The van der Waals surface area contributed by atoms with Gasteiger partial charge in [0.1, 0.15) is 0 Å². The van der Waals surface area contributed by atoms with E-state index in [9.17, 15) is 9.90 Å². The number of nitrogens with one attached hydrogen (secondary N) is 1. The number of likely N-dealkylation sites (tertiary alicyclic amines) is 1. The number of hydrogen-bond acceptors (Lipinski definition) is 3. The van der Waals surface area contributed by atoms with E-state index in [2.05, 4.69) is 5.32 Å². The highest BCUT2D eigenvalue weighted by molar-refractivity contribution is 6.30.